The van der Waals surface area contributed by atoms with Crippen molar-refractivity contribution in [3.8, 4) is 0 Å². The number of H-pyrrole nitrogens is 2. The minimum absolute atomic E-state index is 0.00288. The van der Waals surface area contributed by atoms with Crippen molar-refractivity contribution in [2.75, 3.05) is 5.32 Å². The van der Waals surface area contributed by atoms with E-state index in [0.717, 1.165) is 26.9 Å². The number of aromatic nitrogens is 4. The van der Waals surface area contributed by atoms with Gasteiger partial charge in [0.25, 0.3) is 0 Å². The molecule has 7 heteroatoms. The fraction of sp³-hybridized carbons (Fsp3) is 0.154. The van der Waals surface area contributed by atoms with E-state index in [1.807, 2.05) is 19.1 Å². The van der Waals surface area contributed by atoms with Crippen molar-refractivity contribution >= 4 is 32.7 Å². The quantitative estimate of drug-likeness (QED) is 0.687. The first kappa shape index (κ1) is 12.9. The number of nitrogens with one attached hydrogen (secondary N) is 3. The highest BCUT2D eigenvalue weighted by atomic mass is 79.9. The highest BCUT2D eigenvalue weighted by Crippen LogP contribution is 2.29. The summed E-state index contributed by atoms with van der Waals surface area (Å²) >= 11 is 3.49. The Morgan fingerprint density at radius 2 is 2.00 bits per heavy atom. The molecule has 3 rings (SSSR count). The Hall–Kier alpha value is -2.15. The topological polar surface area (TPSA) is 86.5 Å². The second-order valence-corrected chi connectivity index (χ2v) is 5.31. The number of imidazole rings is 1. The van der Waals surface area contributed by atoms with E-state index in [0.29, 0.717) is 0 Å². The molecule has 0 amide bonds. The largest absolute Gasteiger partial charge is 0.376 e. The molecule has 0 bridgehead atoms. The van der Waals surface area contributed by atoms with Crippen molar-refractivity contribution in [3.63, 3.8) is 0 Å². The zero-order valence-electron chi connectivity index (χ0n) is 10.6. The lowest BCUT2D eigenvalue weighted by molar-refractivity contribution is 0.827. The average molecular weight is 334 g/mol. The Morgan fingerprint density at radius 3 is 2.70 bits per heavy atom. The number of halogens is 1. The summed E-state index contributed by atoms with van der Waals surface area (Å²) in [5.74, 6) is 0. The number of hydrogen-bond donors (Lipinski definition) is 3. The number of rotatable bonds is 3. The number of fused-ring (bicyclic) bond motifs is 1. The molecular weight excluding hydrogens is 322 g/mol. The van der Waals surface area contributed by atoms with Crippen molar-refractivity contribution in [1.29, 1.82) is 0 Å². The molecule has 20 heavy (non-hydrogen) atoms. The molecule has 0 fully saturated rings. The van der Waals surface area contributed by atoms with Gasteiger partial charge >= 0.3 is 5.69 Å². The van der Waals surface area contributed by atoms with Gasteiger partial charge in [0, 0.05) is 16.9 Å². The van der Waals surface area contributed by atoms with Crippen LogP contribution >= 0.6 is 15.9 Å². The van der Waals surface area contributed by atoms with Crippen LogP contribution in [0.5, 0.6) is 0 Å². The van der Waals surface area contributed by atoms with Crippen LogP contribution in [0.25, 0.3) is 11.0 Å². The van der Waals surface area contributed by atoms with Crippen molar-refractivity contribution in [3.05, 3.63) is 51.4 Å². The summed E-state index contributed by atoms with van der Waals surface area (Å²) in [6.07, 6.45) is 5.03. The molecule has 0 aliphatic carbocycles. The molecule has 0 saturated heterocycles. The van der Waals surface area contributed by atoms with E-state index < -0.39 is 0 Å². The lowest BCUT2D eigenvalue weighted by Crippen LogP contribution is -2.09. The van der Waals surface area contributed by atoms with Gasteiger partial charge in [-0.15, -0.1) is 0 Å². The monoisotopic (exact) mass is 333 g/mol. The normalized spacial score (nSPS) is 12.5. The third kappa shape index (κ3) is 2.44. The summed E-state index contributed by atoms with van der Waals surface area (Å²) < 4.78 is 0.871. The number of nitrogens with zero attached hydrogens (tertiary/aromatic N) is 2. The maximum atomic E-state index is 11.3. The molecule has 1 atom stereocenters. The third-order valence-corrected chi connectivity index (χ3v) is 3.66. The summed E-state index contributed by atoms with van der Waals surface area (Å²) in [4.78, 5) is 25.1. The standard InChI is InChI=1S/C13H12BrN5O/c1-7(12-6-15-2-3-16-12)17-9-5-11-10(4-8(9)14)18-13(20)19-11/h2-7,17H,1H3,(H2,18,19,20). The zero-order chi connectivity index (χ0) is 14.1. The molecule has 2 aromatic heterocycles. The fourth-order valence-corrected chi connectivity index (χ4v) is 2.47. The summed E-state index contributed by atoms with van der Waals surface area (Å²) in [6.45, 7) is 2.00. The van der Waals surface area contributed by atoms with E-state index in [9.17, 15) is 4.79 Å². The van der Waals surface area contributed by atoms with Crippen molar-refractivity contribution in [2.24, 2.45) is 0 Å². The highest BCUT2D eigenvalue weighted by Gasteiger charge is 2.10. The summed E-state index contributed by atoms with van der Waals surface area (Å²) in [5.41, 5.74) is 3.03. The second kappa shape index (κ2) is 5.09. The fourth-order valence-electron chi connectivity index (χ4n) is 2.01. The maximum Gasteiger partial charge on any atom is 0.323 e. The Bertz CT molecular complexity index is 795. The Kier molecular flexibility index (Phi) is 3.27. The average Bonchev–Trinajstić information content (AvgIpc) is 2.79. The molecule has 1 aromatic carbocycles. The van der Waals surface area contributed by atoms with Gasteiger partial charge < -0.3 is 15.3 Å². The summed E-state index contributed by atoms with van der Waals surface area (Å²) in [7, 11) is 0. The molecule has 1 unspecified atom stereocenters. The highest BCUT2D eigenvalue weighted by molar-refractivity contribution is 9.10. The van der Waals surface area contributed by atoms with Gasteiger partial charge in [-0.3, -0.25) is 9.97 Å². The van der Waals surface area contributed by atoms with Crippen molar-refractivity contribution in [1.82, 2.24) is 19.9 Å². The molecule has 2 heterocycles. The van der Waals surface area contributed by atoms with Gasteiger partial charge in [-0.1, -0.05) is 0 Å². The molecule has 3 N–H and O–H groups in total. The molecular formula is C13H12BrN5O. The SMILES string of the molecule is CC(Nc1cc2[nH]c(=O)[nH]c2cc1Br)c1cnccn1. The Balaban J connectivity index is 1.94. The van der Waals surface area contributed by atoms with Gasteiger partial charge in [-0.2, -0.15) is 0 Å². The van der Waals surface area contributed by atoms with Crippen LogP contribution in [-0.2, 0) is 0 Å². The Labute approximate surface area is 122 Å². The van der Waals surface area contributed by atoms with Crippen LogP contribution in [-0.4, -0.2) is 19.9 Å². The van der Waals surface area contributed by atoms with Crippen LogP contribution in [0.3, 0.4) is 0 Å². The van der Waals surface area contributed by atoms with Gasteiger partial charge in [0.2, 0.25) is 0 Å². The van der Waals surface area contributed by atoms with E-state index in [2.05, 4.69) is 41.2 Å². The third-order valence-electron chi connectivity index (χ3n) is 3.00. The van der Waals surface area contributed by atoms with E-state index in [1.54, 1.807) is 18.6 Å². The molecule has 0 aliphatic rings. The van der Waals surface area contributed by atoms with Crippen LogP contribution in [0.15, 0.2) is 40.0 Å². The van der Waals surface area contributed by atoms with Crippen molar-refractivity contribution < 1.29 is 0 Å². The maximum absolute atomic E-state index is 11.3. The van der Waals surface area contributed by atoms with Gasteiger partial charge in [0.15, 0.2) is 0 Å². The van der Waals surface area contributed by atoms with Crippen molar-refractivity contribution in [2.45, 2.75) is 13.0 Å². The van der Waals surface area contributed by atoms with Gasteiger partial charge in [-0.25, -0.2) is 4.79 Å². The van der Waals surface area contributed by atoms with E-state index in [4.69, 9.17) is 0 Å². The molecule has 3 aromatic rings. The smallest absolute Gasteiger partial charge is 0.323 e. The van der Waals surface area contributed by atoms with E-state index >= 15 is 0 Å². The first-order valence-electron chi connectivity index (χ1n) is 6.07. The number of aromatic amines is 2. The minimum atomic E-state index is -0.217. The molecule has 0 aliphatic heterocycles. The van der Waals surface area contributed by atoms with Crippen LogP contribution < -0.4 is 11.0 Å². The van der Waals surface area contributed by atoms with E-state index in [-0.39, 0.29) is 11.7 Å². The van der Waals surface area contributed by atoms with E-state index in [1.165, 1.54) is 0 Å². The lowest BCUT2D eigenvalue weighted by atomic mass is 10.2. The van der Waals surface area contributed by atoms with Gasteiger partial charge in [0.1, 0.15) is 0 Å². The molecule has 6 nitrogen and oxygen atoms in total. The number of hydrogen-bond acceptors (Lipinski definition) is 4. The minimum Gasteiger partial charge on any atom is -0.376 e. The molecule has 0 spiro atoms. The Morgan fingerprint density at radius 1 is 1.25 bits per heavy atom. The first-order chi connectivity index (χ1) is 9.63. The number of benzene rings is 1. The van der Waals surface area contributed by atoms with Crippen LogP contribution in [0.4, 0.5) is 5.69 Å². The molecule has 0 radical (unpaired) electrons. The molecule has 0 saturated carbocycles. The van der Waals surface area contributed by atoms with Gasteiger partial charge in [-0.05, 0) is 35.0 Å². The number of anilines is 1. The molecule has 102 valence electrons. The van der Waals surface area contributed by atoms with Crippen LogP contribution in [0.1, 0.15) is 18.7 Å². The zero-order valence-corrected chi connectivity index (χ0v) is 12.2. The summed E-state index contributed by atoms with van der Waals surface area (Å²) in [6, 6.07) is 3.74. The predicted octanol–water partition coefficient (Wildman–Crippen LogP) is 2.58. The first-order valence-corrected chi connectivity index (χ1v) is 6.87. The van der Waals surface area contributed by atoms with Crippen LogP contribution in [0, 0.1) is 0 Å². The van der Waals surface area contributed by atoms with Crippen LogP contribution in [0.2, 0.25) is 0 Å². The predicted molar refractivity (Wildman–Crippen MR) is 80.7 cm³/mol. The second-order valence-electron chi connectivity index (χ2n) is 4.45. The summed E-state index contributed by atoms with van der Waals surface area (Å²) in [5, 5.41) is 3.34. The lowest BCUT2D eigenvalue weighted by Gasteiger charge is -2.15. The van der Waals surface area contributed by atoms with Gasteiger partial charge in [0.05, 0.1) is 34.7 Å².